The SMILES string of the molecule is CC(=O)CN(CP(C)(=O)O)CP(=O)(O)O. The fourth-order valence-electron chi connectivity index (χ4n) is 1.09. The molecule has 3 N–H and O–H groups in total. The first-order valence-electron chi connectivity index (χ1n) is 4.05. The highest BCUT2D eigenvalue weighted by atomic mass is 31.2. The van der Waals surface area contributed by atoms with Gasteiger partial charge in [-0.05, 0) is 6.92 Å². The second-order valence-corrected chi connectivity index (χ2v) is 7.53. The molecule has 1 unspecified atom stereocenters. The van der Waals surface area contributed by atoms with E-state index in [2.05, 4.69) is 0 Å². The van der Waals surface area contributed by atoms with E-state index in [1.807, 2.05) is 0 Å². The molecule has 0 aromatic carbocycles. The van der Waals surface area contributed by atoms with Crippen molar-refractivity contribution in [2.45, 2.75) is 6.92 Å². The van der Waals surface area contributed by atoms with Gasteiger partial charge >= 0.3 is 7.60 Å². The molecule has 7 nitrogen and oxygen atoms in total. The molecule has 0 aliphatic carbocycles. The smallest absolute Gasteiger partial charge is 0.339 e. The Labute approximate surface area is 87.7 Å². The zero-order valence-electron chi connectivity index (χ0n) is 8.53. The number of ketones is 1. The number of carbonyl (C=O) groups is 1. The fraction of sp³-hybridized carbons (Fsp3) is 0.833. The van der Waals surface area contributed by atoms with Gasteiger partial charge < -0.3 is 14.7 Å². The maximum atomic E-state index is 11.0. The third-order valence-electron chi connectivity index (χ3n) is 1.29. The molecule has 90 valence electrons. The van der Waals surface area contributed by atoms with Crippen LogP contribution in [0.1, 0.15) is 6.92 Å². The van der Waals surface area contributed by atoms with Crippen molar-refractivity contribution in [1.82, 2.24) is 4.90 Å². The molecular formula is C6H15NO6P2. The molecule has 9 heteroatoms. The Morgan fingerprint density at radius 3 is 1.93 bits per heavy atom. The van der Waals surface area contributed by atoms with Gasteiger partial charge in [-0.1, -0.05) is 0 Å². The first-order valence-corrected chi connectivity index (χ1v) is 8.14. The maximum absolute atomic E-state index is 11.0. The summed E-state index contributed by atoms with van der Waals surface area (Å²) >= 11 is 0. The monoisotopic (exact) mass is 259 g/mol. The van der Waals surface area contributed by atoms with Crippen LogP contribution in [0.3, 0.4) is 0 Å². The highest BCUT2D eigenvalue weighted by Crippen LogP contribution is 2.40. The second-order valence-electron chi connectivity index (χ2n) is 3.53. The molecule has 0 bridgehead atoms. The van der Waals surface area contributed by atoms with Crippen molar-refractivity contribution in [3.05, 3.63) is 0 Å². The van der Waals surface area contributed by atoms with Crippen molar-refractivity contribution in [3.63, 3.8) is 0 Å². The maximum Gasteiger partial charge on any atom is 0.339 e. The van der Waals surface area contributed by atoms with Gasteiger partial charge in [-0.25, -0.2) is 0 Å². The fourth-order valence-corrected chi connectivity index (χ4v) is 2.91. The van der Waals surface area contributed by atoms with Crippen LogP contribution in [-0.4, -0.2) is 51.1 Å². The van der Waals surface area contributed by atoms with E-state index in [-0.39, 0.29) is 12.3 Å². The van der Waals surface area contributed by atoms with E-state index in [1.54, 1.807) is 0 Å². The van der Waals surface area contributed by atoms with E-state index < -0.39 is 27.5 Å². The molecule has 15 heavy (non-hydrogen) atoms. The van der Waals surface area contributed by atoms with Crippen LogP contribution >= 0.6 is 15.0 Å². The van der Waals surface area contributed by atoms with E-state index in [1.165, 1.54) is 6.92 Å². The Morgan fingerprint density at radius 2 is 1.67 bits per heavy atom. The van der Waals surface area contributed by atoms with Gasteiger partial charge in [0.1, 0.15) is 12.1 Å². The van der Waals surface area contributed by atoms with Crippen LogP contribution in [-0.2, 0) is 13.9 Å². The Hall–Kier alpha value is -0.0300. The van der Waals surface area contributed by atoms with E-state index in [4.69, 9.17) is 14.7 Å². The third-order valence-corrected chi connectivity index (χ3v) is 2.99. The van der Waals surface area contributed by atoms with Crippen molar-refractivity contribution in [2.24, 2.45) is 0 Å². The molecule has 0 rings (SSSR count). The van der Waals surface area contributed by atoms with Crippen molar-refractivity contribution in [2.75, 3.05) is 25.8 Å². The molecular weight excluding hydrogens is 244 g/mol. The lowest BCUT2D eigenvalue weighted by Crippen LogP contribution is -2.30. The van der Waals surface area contributed by atoms with Crippen LogP contribution in [0.2, 0.25) is 0 Å². The van der Waals surface area contributed by atoms with Crippen molar-refractivity contribution in [1.29, 1.82) is 0 Å². The first kappa shape index (κ1) is 15.0. The minimum atomic E-state index is -4.32. The predicted molar refractivity (Wildman–Crippen MR) is 54.9 cm³/mol. The van der Waals surface area contributed by atoms with Gasteiger partial charge in [-0.15, -0.1) is 0 Å². The number of hydrogen-bond donors (Lipinski definition) is 3. The summed E-state index contributed by atoms with van der Waals surface area (Å²) in [7, 11) is -7.76. The van der Waals surface area contributed by atoms with E-state index in [9.17, 15) is 13.9 Å². The molecule has 0 aliphatic rings. The van der Waals surface area contributed by atoms with Gasteiger partial charge in [0.25, 0.3) is 0 Å². The van der Waals surface area contributed by atoms with Gasteiger partial charge in [-0.2, -0.15) is 0 Å². The van der Waals surface area contributed by atoms with Gasteiger partial charge in [0, 0.05) is 6.66 Å². The Bertz CT molecular complexity index is 294. The molecule has 1 atom stereocenters. The molecule has 0 spiro atoms. The predicted octanol–water partition coefficient (Wildman–Crippen LogP) is -0.130. The standard InChI is InChI=1S/C6H15NO6P2/c1-6(8)3-7(4-14(2,9)10)5-15(11,12)13/h3-5H2,1-2H3,(H,9,10)(H2,11,12,13). The zero-order valence-corrected chi connectivity index (χ0v) is 10.3. The van der Waals surface area contributed by atoms with Crippen LogP contribution in [0.4, 0.5) is 0 Å². The lowest BCUT2D eigenvalue weighted by molar-refractivity contribution is -0.117. The molecule has 0 fully saturated rings. The molecule has 0 amide bonds. The van der Waals surface area contributed by atoms with Crippen LogP contribution in [0, 0.1) is 0 Å². The van der Waals surface area contributed by atoms with E-state index in [0.29, 0.717) is 0 Å². The lowest BCUT2D eigenvalue weighted by atomic mass is 10.4. The van der Waals surface area contributed by atoms with Crippen LogP contribution < -0.4 is 0 Å². The van der Waals surface area contributed by atoms with Crippen molar-refractivity contribution < 1.29 is 28.6 Å². The second kappa shape index (κ2) is 5.34. The molecule has 0 saturated carbocycles. The summed E-state index contributed by atoms with van der Waals surface area (Å²) in [6, 6.07) is 0. The lowest BCUT2D eigenvalue weighted by Gasteiger charge is -2.22. The van der Waals surface area contributed by atoms with Crippen LogP contribution in [0.25, 0.3) is 0 Å². The molecule has 0 aliphatic heterocycles. The number of hydrogen-bond acceptors (Lipinski definition) is 4. The normalized spacial score (nSPS) is 16.4. The average Bonchev–Trinajstić information content (AvgIpc) is 1.73. The highest BCUT2D eigenvalue weighted by Gasteiger charge is 2.24. The molecule has 0 saturated heterocycles. The Balaban J connectivity index is 4.53. The third kappa shape index (κ3) is 10.3. The number of carbonyl (C=O) groups excluding carboxylic acids is 1. The van der Waals surface area contributed by atoms with Gasteiger partial charge in [-0.3, -0.25) is 18.8 Å². The van der Waals surface area contributed by atoms with E-state index in [0.717, 1.165) is 11.6 Å². The van der Waals surface area contributed by atoms with Crippen molar-refractivity contribution in [3.8, 4) is 0 Å². The van der Waals surface area contributed by atoms with Crippen LogP contribution in [0.15, 0.2) is 0 Å². The summed E-state index contributed by atoms with van der Waals surface area (Å²) in [5, 5.41) is 0. The van der Waals surface area contributed by atoms with Gasteiger partial charge in [0.15, 0.2) is 0 Å². The summed E-state index contributed by atoms with van der Waals surface area (Å²) in [4.78, 5) is 38.2. The van der Waals surface area contributed by atoms with Gasteiger partial charge in [0.05, 0.1) is 12.8 Å². The number of nitrogens with zero attached hydrogens (tertiary/aromatic N) is 1. The minimum absolute atomic E-state index is 0.247. The summed E-state index contributed by atoms with van der Waals surface area (Å²) in [5.41, 5.74) is 0. The zero-order chi connectivity index (χ0) is 12.3. The van der Waals surface area contributed by atoms with Gasteiger partial charge in [0.2, 0.25) is 7.37 Å². The number of rotatable bonds is 6. The first-order chi connectivity index (χ1) is 6.49. The van der Waals surface area contributed by atoms with E-state index >= 15 is 0 Å². The number of Topliss-reactive ketones (excluding diaryl/α,β-unsaturated/α-hetero) is 1. The Morgan fingerprint density at radius 1 is 1.20 bits per heavy atom. The quantitative estimate of drug-likeness (QED) is 0.569. The summed E-state index contributed by atoms with van der Waals surface area (Å²) in [5.74, 6) is -0.322. The average molecular weight is 259 g/mol. The topological polar surface area (TPSA) is 115 Å². The van der Waals surface area contributed by atoms with Crippen LogP contribution in [0.5, 0.6) is 0 Å². The molecule has 0 aromatic rings. The summed E-state index contributed by atoms with van der Waals surface area (Å²) in [6.45, 7) is 2.06. The highest BCUT2D eigenvalue weighted by molar-refractivity contribution is 7.57. The minimum Gasteiger partial charge on any atom is -0.344 e. The summed E-state index contributed by atoms with van der Waals surface area (Å²) in [6.07, 6.45) is -1.09. The van der Waals surface area contributed by atoms with Crippen molar-refractivity contribution >= 4 is 20.7 Å². The molecule has 0 aromatic heterocycles. The Kier molecular flexibility index (Phi) is 5.33. The largest absolute Gasteiger partial charge is 0.344 e. The molecule has 0 heterocycles. The molecule has 0 radical (unpaired) electrons. The summed E-state index contributed by atoms with van der Waals surface area (Å²) < 4.78 is 21.7.